The molecule has 0 bridgehead atoms. The summed E-state index contributed by atoms with van der Waals surface area (Å²) in [6.45, 7) is 7.53. The van der Waals surface area contributed by atoms with E-state index in [0.29, 0.717) is 5.11 Å². The van der Waals surface area contributed by atoms with E-state index in [9.17, 15) is 0 Å². The van der Waals surface area contributed by atoms with Crippen LogP contribution in [0.2, 0.25) is 0 Å². The number of hydrogen-bond donors (Lipinski definition) is 2. The highest BCUT2D eigenvalue weighted by Crippen LogP contribution is 2.21. The van der Waals surface area contributed by atoms with Crippen LogP contribution in [0, 0.1) is 5.92 Å². The van der Waals surface area contributed by atoms with Crippen LogP contribution in [0.4, 0.5) is 11.5 Å². The lowest BCUT2D eigenvalue weighted by Gasteiger charge is -2.31. The average Bonchev–Trinajstić information content (AvgIpc) is 2.46. The Kier molecular flexibility index (Phi) is 5.59. The Labute approximate surface area is 127 Å². The molecule has 0 aliphatic carbocycles. The van der Waals surface area contributed by atoms with Gasteiger partial charge >= 0.3 is 0 Å². The Hall–Kier alpha value is -1.36. The van der Waals surface area contributed by atoms with Gasteiger partial charge in [-0.1, -0.05) is 13.8 Å². The van der Waals surface area contributed by atoms with Gasteiger partial charge in [-0.15, -0.1) is 0 Å². The normalized spacial score (nSPS) is 18.7. The lowest BCUT2D eigenvalue weighted by Crippen LogP contribution is -2.34. The third-order valence-corrected chi connectivity index (χ3v) is 3.77. The molecule has 2 heterocycles. The van der Waals surface area contributed by atoms with Crippen LogP contribution in [0.1, 0.15) is 33.1 Å². The van der Waals surface area contributed by atoms with Crippen molar-refractivity contribution in [3.63, 3.8) is 0 Å². The number of pyridine rings is 1. The quantitative estimate of drug-likeness (QED) is 0.835. The average molecular weight is 292 g/mol. The topological polar surface area (TPSA) is 40.2 Å². The molecule has 4 nitrogen and oxygen atoms in total. The van der Waals surface area contributed by atoms with E-state index in [1.165, 1.54) is 12.8 Å². The first kappa shape index (κ1) is 15.0. The van der Waals surface area contributed by atoms with E-state index in [2.05, 4.69) is 40.4 Å². The van der Waals surface area contributed by atoms with E-state index < -0.39 is 0 Å². The molecule has 0 aromatic carbocycles. The predicted molar refractivity (Wildman–Crippen MR) is 89.4 cm³/mol. The molecule has 2 N–H and O–H groups in total. The molecule has 1 aliphatic rings. The maximum absolute atomic E-state index is 5.21. The van der Waals surface area contributed by atoms with Gasteiger partial charge in [-0.3, -0.25) is 0 Å². The lowest BCUT2D eigenvalue weighted by atomic mass is 10.0. The number of hydrogen-bond acceptors (Lipinski definition) is 3. The van der Waals surface area contributed by atoms with Gasteiger partial charge in [0.05, 0.1) is 11.9 Å². The van der Waals surface area contributed by atoms with Gasteiger partial charge in [0.2, 0.25) is 0 Å². The van der Waals surface area contributed by atoms with Crippen LogP contribution in [0.5, 0.6) is 0 Å². The third kappa shape index (κ3) is 4.34. The Balaban J connectivity index is 1.90. The summed E-state index contributed by atoms with van der Waals surface area (Å²) in [7, 11) is 0. The van der Waals surface area contributed by atoms with Gasteiger partial charge in [-0.25, -0.2) is 4.98 Å². The Morgan fingerprint density at radius 1 is 1.50 bits per heavy atom. The van der Waals surface area contributed by atoms with Crippen LogP contribution in [0.3, 0.4) is 0 Å². The summed E-state index contributed by atoms with van der Waals surface area (Å²) in [5, 5.41) is 6.96. The minimum atomic E-state index is 0.660. The molecule has 0 spiro atoms. The van der Waals surface area contributed by atoms with Gasteiger partial charge < -0.3 is 15.5 Å². The van der Waals surface area contributed by atoms with E-state index in [4.69, 9.17) is 12.2 Å². The van der Waals surface area contributed by atoms with Crippen LogP contribution < -0.4 is 15.5 Å². The Morgan fingerprint density at radius 3 is 3.00 bits per heavy atom. The van der Waals surface area contributed by atoms with Gasteiger partial charge in [-0.05, 0) is 49.5 Å². The summed E-state index contributed by atoms with van der Waals surface area (Å²) in [4.78, 5) is 6.91. The highest BCUT2D eigenvalue weighted by atomic mass is 32.1. The molecule has 1 aromatic heterocycles. The first-order valence-corrected chi connectivity index (χ1v) is 7.85. The van der Waals surface area contributed by atoms with E-state index in [1.807, 2.05) is 12.3 Å². The van der Waals surface area contributed by atoms with Gasteiger partial charge in [0, 0.05) is 19.6 Å². The fraction of sp³-hybridized carbons (Fsp3) is 0.600. The third-order valence-electron chi connectivity index (χ3n) is 3.52. The SMILES string of the molecule is CCCNC(=S)Nc1ccc(N2CCC[C@@H](C)C2)nc1. The number of rotatable bonds is 4. The molecule has 1 fully saturated rings. The maximum atomic E-state index is 5.21. The molecule has 5 heteroatoms. The van der Waals surface area contributed by atoms with E-state index in [-0.39, 0.29) is 0 Å². The van der Waals surface area contributed by atoms with Crippen molar-refractivity contribution in [1.29, 1.82) is 0 Å². The van der Waals surface area contributed by atoms with Crippen molar-refractivity contribution in [3.8, 4) is 0 Å². The number of nitrogens with zero attached hydrogens (tertiary/aromatic N) is 2. The largest absolute Gasteiger partial charge is 0.362 e. The predicted octanol–water partition coefficient (Wildman–Crippen LogP) is 3.01. The molecule has 2 rings (SSSR count). The lowest BCUT2D eigenvalue weighted by molar-refractivity contribution is 0.444. The summed E-state index contributed by atoms with van der Waals surface area (Å²) in [6, 6.07) is 4.12. The number of nitrogens with one attached hydrogen (secondary N) is 2. The second-order valence-corrected chi connectivity index (χ2v) is 5.89. The molecular weight excluding hydrogens is 268 g/mol. The second kappa shape index (κ2) is 7.43. The van der Waals surface area contributed by atoms with Crippen molar-refractivity contribution in [3.05, 3.63) is 18.3 Å². The maximum Gasteiger partial charge on any atom is 0.170 e. The molecular formula is C15H24N4S. The van der Waals surface area contributed by atoms with Crippen LogP contribution in [0.25, 0.3) is 0 Å². The number of piperidine rings is 1. The number of thiocarbonyl (C=S) groups is 1. The van der Waals surface area contributed by atoms with Gasteiger partial charge in [0.25, 0.3) is 0 Å². The fourth-order valence-corrected chi connectivity index (χ4v) is 2.68. The van der Waals surface area contributed by atoms with Gasteiger partial charge in [-0.2, -0.15) is 0 Å². The fourth-order valence-electron chi connectivity index (χ4n) is 2.46. The van der Waals surface area contributed by atoms with Crippen molar-refractivity contribution in [2.24, 2.45) is 5.92 Å². The van der Waals surface area contributed by atoms with Gasteiger partial charge in [0.15, 0.2) is 5.11 Å². The van der Waals surface area contributed by atoms with Crippen molar-refractivity contribution in [2.45, 2.75) is 33.1 Å². The highest BCUT2D eigenvalue weighted by molar-refractivity contribution is 7.80. The number of anilines is 2. The molecule has 1 aliphatic heterocycles. The molecule has 0 saturated carbocycles. The molecule has 1 atom stereocenters. The minimum absolute atomic E-state index is 0.660. The Morgan fingerprint density at radius 2 is 2.35 bits per heavy atom. The summed E-state index contributed by atoms with van der Waals surface area (Å²) in [5.41, 5.74) is 0.937. The molecule has 110 valence electrons. The van der Waals surface area contributed by atoms with E-state index in [1.54, 1.807) is 0 Å². The van der Waals surface area contributed by atoms with Crippen molar-refractivity contribution in [2.75, 3.05) is 29.9 Å². The highest BCUT2D eigenvalue weighted by Gasteiger charge is 2.17. The molecule has 20 heavy (non-hydrogen) atoms. The van der Waals surface area contributed by atoms with Crippen LogP contribution >= 0.6 is 12.2 Å². The van der Waals surface area contributed by atoms with E-state index >= 15 is 0 Å². The zero-order valence-electron chi connectivity index (χ0n) is 12.4. The van der Waals surface area contributed by atoms with Crippen molar-refractivity contribution in [1.82, 2.24) is 10.3 Å². The zero-order valence-corrected chi connectivity index (χ0v) is 13.2. The molecule has 1 aromatic rings. The summed E-state index contributed by atoms with van der Waals surface area (Å²) in [5.74, 6) is 1.82. The zero-order chi connectivity index (χ0) is 14.4. The summed E-state index contributed by atoms with van der Waals surface area (Å²) >= 11 is 5.21. The summed E-state index contributed by atoms with van der Waals surface area (Å²) < 4.78 is 0. The van der Waals surface area contributed by atoms with Crippen LogP contribution in [-0.4, -0.2) is 29.7 Å². The summed E-state index contributed by atoms with van der Waals surface area (Å²) in [6.07, 6.45) is 5.50. The smallest absolute Gasteiger partial charge is 0.170 e. The van der Waals surface area contributed by atoms with E-state index in [0.717, 1.165) is 43.5 Å². The monoisotopic (exact) mass is 292 g/mol. The second-order valence-electron chi connectivity index (χ2n) is 5.48. The van der Waals surface area contributed by atoms with Crippen molar-refractivity contribution >= 4 is 28.8 Å². The minimum Gasteiger partial charge on any atom is -0.362 e. The Bertz CT molecular complexity index is 432. The molecule has 0 radical (unpaired) electrons. The molecule has 0 unspecified atom stereocenters. The molecule has 1 saturated heterocycles. The standard InChI is InChI=1S/C15H24N4S/c1-3-8-16-15(20)18-13-6-7-14(17-10-13)19-9-4-5-12(2)11-19/h6-7,10,12H,3-5,8-9,11H2,1-2H3,(H2,16,18,20)/t12-/m1/s1. The van der Waals surface area contributed by atoms with Crippen molar-refractivity contribution < 1.29 is 0 Å². The first-order chi connectivity index (χ1) is 9.69. The molecule has 0 amide bonds. The number of aromatic nitrogens is 1. The van der Waals surface area contributed by atoms with Crippen LogP contribution in [-0.2, 0) is 0 Å². The van der Waals surface area contributed by atoms with Crippen LogP contribution in [0.15, 0.2) is 18.3 Å². The van der Waals surface area contributed by atoms with Gasteiger partial charge in [0.1, 0.15) is 5.82 Å². The first-order valence-electron chi connectivity index (χ1n) is 7.45.